The number of nitrogens with one attached hydrogen (secondary N) is 1. The molecule has 0 bridgehead atoms. The maximum Gasteiger partial charge on any atom is 0.189 e. The number of aromatic amines is 1. The zero-order valence-electron chi connectivity index (χ0n) is 13.0. The van der Waals surface area contributed by atoms with Crippen molar-refractivity contribution in [3.63, 3.8) is 0 Å². The van der Waals surface area contributed by atoms with Crippen molar-refractivity contribution < 1.29 is 19.0 Å². The minimum Gasteiger partial charge on any atom is -0.507 e. The molecular formula is C18H14FN3O3. The minimum absolute atomic E-state index is 0.104. The van der Waals surface area contributed by atoms with E-state index in [1.165, 1.54) is 42.7 Å². The third kappa shape index (κ3) is 4.29. The van der Waals surface area contributed by atoms with Crippen molar-refractivity contribution in [1.82, 2.24) is 15.2 Å². The third-order valence-corrected chi connectivity index (χ3v) is 3.38. The first-order valence-electron chi connectivity index (χ1n) is 7.40. The molecule has 7 heteroatoms. The summed E-state index contributed by atoms with van der Waals surface area (Å²) >= 11 is 0. The Morgan fingerprint density at radius 1 is 1.24 bits per heavy atom. The van der Waals surface area contributed by atoms with Crippen LogP contribution < -0.4 is 4.74 Å². The number of hydrogen-bond acceptors (Lipinski definition) is 5. The number of rotatable bonds is 6. The highest BCUT2D eigenvalue weighted by Gasteiger charge is 2.10. The molecule has 2 N–H and O–H groups in total. The van der Waals surface area contributed by atoms with Gasteiger partial charge in [0.25, 0.3) is 0 Å². The first-order valence-corrected chi connectivity index (χ1v) is 7.40. The van der Waals surface area contributed by atoms with E-state index in [-0.39, 0.29) is 23.7 Å². The third-order valence-electron chi connectivity index (χ3n) is 3.38. The molecule has 0 amide bonds. The van der Waals surface area contributed by atoms with E-state index in [9.17, 15) is 14.3 Å². The Hall–Kier alpha value is -3.48. The van der Waals surface area contributed by atoms with Crippen molar-refractivity contribution in [3.05, 3.63) is 77.6 Å². The maximum absolute atomic E-state index is 12.9. The molecule has 6 nitrogen and oxygen atoms in total. The topological polar surface area (TPSA) is 88.1 Å². The van der Waals surface area contributed by atoms with Crippen molar-refractivity contribution in [1.29, 1.82) is 0 Å². The molecule has 0 atom stereocenters. The molecule has 25 heavy (non-hydrogen) atoms. The number of halogens is 1. The first kappa shape index (κ1) is 16.4. The average molecular weight is 339 g/mol. The lowest BCUT2D eigenvalue weighted by atomic mass is 10.1. The van der Waals surface area contributed by atoms with Gasteiger partial charge in [-0.05, 0) is 48.0 Å². The highest BCUT2D eigenvalue weighted by molar-refractivity contribution is 6.08. The van der Waals surface area contributed by atoms with Gasteiger partial charge in [0, 0.05) is 0 Å². The lowest BCUT2D eigenvalue weighted by molar-refractivity contribution is 0.104. The van der Waals surface area contributed by atoms with E-state index in [1.807, 2.05) is 0 Å². The Balaban J connectivity index is 1.71. The van der Waals surface area contributed by atoms with E-state index in [0.717, 1.165) is 5.56 Å². The van der Waals surface area contributed by atoms with Crippen LogP contribution in [0.1, 0.15) is 21.7 Å². The van der Waals surface area contributed by atoms with Crippen LogP contribution in [-0.4, -0.2) is 26.1 Å². The second-order valence-corrected chi connectivity index (χ2v) is 5.16. The second-order valence-electron chi connectivity index (χ2n) is 5.16. The first-order chi connectivity index (χ1) is 12.1. The van der Waals surface area contributed by atoms with Crippen molar-refractivity contribution in [3.8, 4) is 11.5 Å². The molecule has 1 aromatic heterocycles. The number of carbonyl (C=O) groups is 1. The van der Waals surface area contributed by atoms with Gasteiger partial charge in [-0.25, -0.2) is 9.37 Å². The Labute approximate surface area is 142 Å². The monoisotopic (exact) mass is 339 g/mol. The summed E-state index contributed by atoms with van der Waals surface area (Å²) in [5.74, 6) is -0.0302. The van der Waals surface area contributed by atoms with Gasteiger partial charge in [-0.3, -0.25) is 9.89 Å². The molecule has 3 aromatic rings. The summed E-state index contributed by atoms with van der Waals surface area (Å²) in [5.41, 5.74) is 0.889. The number of phenolic OH excluding ortho intramolecular Hbond substituents is 1. The van der Waals surface area contributed by atoms with E-state index in [2.05, 4.69) is 15.2 Å². The minimum atomic E-state index is -0.402. The number of allylic oxidation sites excluding steroid dienone is 1. The van der Waals surface area contributed by atoms with E-state index >= 15 is 0 Å². The molecule has 0 unspecified atom stereocenters. The molecule has 3 rings (SSSR count). The quantitative estimate of drug-likeness (QED) is 0.532. The lowest BCUT2D eigenvalue weighted by Gasteiger charge is -2.08. The van der Waals surface area contributed by atoms with Crippen molar-refractivity contribution in [2.45, 2.75) is 6.61 Å². The number of phenols is 1. The van der Waals surface area contributed by atoms with Gasteiger partial charge in [-0.2, -0.15) is 5.10 Å². The van der Waals surface area contributed by atoms with Crippen LogP contribution in [-0.2, 0) is 6.61 Å². The molecule has 0 spiro atoms. The van der Waals surface area contributed by atoms with Gasteiger partial charge in [-0.15, -0.1) is 0 Å². The number of H-pyrrole nitrogens is 1. The normalized spacial score (nSPS) is 10.9. The molecule has 0 saturated carbocycles. The van der Waals surface area contributed by atoms with Crippen molar-refractivity contribution >= 4 is 11.9 Å². The smallest absolute Gasteiger partial charge is 0.189 e. The van der Waals surface area contributed by atoms with Crippen molar-refractivity contribution in [2.75, 3.05) is 0 Å². The van der Waals surface area contributed by atoms with Crippen molar-refractivity contribution in [2.24, 2.45) is 0 Å². The Morgan fingerprint density at radius 3 is 2.76 bits per heavy atom. The SMILES string of the molecule is O=C(C=Cc1ncn[nH]1)c1cc(OCc2ccc(F)cc2)ccc1O. The fourth-order valence-corrected chi connectivity index (χ4v) is 2.09. The summed E-state index contributed by atoms with van der Waals surface area (Å²) in [7, 11) is 0. The number of aromatic hydroxyl groups is 1. The van der Waals surface area contributed by atoms with Crippen LogP contribution in [0.15, 0.2) is 54.9 Å². The summed E-state index contributed by atoms with van der Waals surface area (Å²) < 4.78 is 18.5. The fraction of sp³-hybridized carbons (Fsp3) is 0.0556. The zero-order valence-corrected chi connectivity index (χ0v) is 13.0. The van der Waals surface area contributed by atoms with Gasteiger partial charge in [0.2, 0.25) is 0 Å². The summed E-state index contributed by atoms with van der Waals surface area (Å²) in [6.07, 6.45) is 4.06. The maximum atomic E-state index is 12.9. The number of ether oxygens (including phenoxy) is 1. The molecule has 0 fully saturated rings. The van der Waals surface area contributed by atoms with Gasteiger partial charge in [0.1, 0.15) is 36.1 Å². The molecule has 0 aliphatic rings. The standard InChI is InChI=1S/C18H14FN3O3/c19-13-3-1-12(2-4-13)10-25-14-5-6-16(23)15(9-14)17(24)7-8-18-20-11-21-22-18/h1-9,11,23H,10H2,(H,20,21,22). The van der Waals surface area contributed by atoms with Gasteiger partial charge in [-0.1, -0.05) is 12.1 Å². The van der Waals surface area contributed by atoms with Gasteiger partial charge >= 0.3 is 0 Å². The van der Waals surface area contributed by atoms with E-state index in [1.54, 1.807) is 18.2 Å². The van der Waals surface area contributed by atoms with Crippen LogP contribution >= 0.6 is 0 Å². The molecule has 0 aliphatic heterocycles. The zero-order chi connectivity index (χ0) is 17.6. The lowest BCUT2D eigenvalue weighted by Crippen LogP contribution is -1.99. The van der Waals surface area contributed by atoms with Crippen LogP contribution in [0.2, 0.25) is 0 Å². The number of benzene rings is 2. The molecule has 0 radical (unpaired) electrons. The molecule has 0 aliphatic carbocycles. The number of aromatic nitrogens is 3. The molecule has 126 valence electrons. The predicted octanol–water partition coefficient (Wildman–Crippen LogP) is 3.12. The summed E-state index contributed by atoms with van der Waals surface area (Å²) in [5, 5.41) is 16.2. The number of ketones is 1. The van der Waals surface area contributed by atoms with E-state index in [0.29, 0.717) is 11.6 Å². The fourth-order valence-electron chi connectivity index (χ4n) is 2.09. The highest BCUT2D eigenvalue weighted by Crippen LogP contribution is 2.24. The van der Waals surface area contributed by atoms with Gasteiger partial charge in [0.05, 0.1) is 5.56 Å². The number of carbonyl (C=O) groups excluding carboxylic acids is 1. The summed E-state index contributed by atoms with van der Waals surface area (Å²) in [6.45, 7) is 0.215. The number of nitrogens with zero attached hydrogens (tertiary/aromatic N) is 2. The number of hydrogen-bond donors (Lipinski definition) is 2. The summed E-state index contributed by atoms with van der Waals surface area (Å²) in [4.78, 5) is 16.1. The average Bonchev–Trinajstić information content (AvgIpc) is 3.14. The Kier molecular flexibility index (Phi) is 4.84. The van der Waals surface area contributed by atoms with Crippen LogP contribution in [0.4, 0.5) is 4.39 Å². The Bertz CT molecular complexity index is 890. The molecule has 2 aromatic carbocycles. The van der Waals surface area contributed by atoms with E-state index in [4.69, 9.17) is 4.74 Å². The second kappa shape index (κ2) is 7.39. The molecule has 1 heterocycles. The van der Waals surface area contributed by atoms with Crippen LogP contribution in [0.3, 0.4) is 0 Å². The highest BCUT2D eigenvalue weighted by atomic mass is 19.1. The molecule has 0 saturated heterocycles. The molecular weight excluding hydrogens is 325 g/mol. The van der Waals surface area contributed by atoms with Crippen LogP contribution in [0, 0.1) is 5.82 Å². The predicted molar refractivity (Wildman–Crippen MR) is 88.6 cm³/mol. The van der Waals surface area contributed by atoms with Gasteiger partial charge < -0.3 is 9.84 Å². The van der Waals surface area contributed by atoms with Crippen LogP contribution in [0.25, 0.3) is 6.08 Å². The summed E-state index contributed by atoms with van der Waals surface area (Å²) in [6, 6.07) is 10.3. The van der Waals surface area contributed by atoms with Gasteiger partial charge in [0.15, 0.2) is 5.78 Å². The van der Waals surface area contributed by atoms with Crippen LogP contribution in [0.5, 0.6) is 11.5 Å². The Morgan fingerprint density at radius 2 is 2.04 bits per heavy atom. The largest absolute Gasteiger partial charge is 0.507 e. The van der Waals surface area contributed by atoms with E-state index < -0.39 is 5.78 Å².